The van der Waals surface area contributed by atoms with E-state index >= 15 is 0 Å². The van der Waals surface area contributed by atoms with Gasteiger partial charge in [0.05, 0.1) is 13.0 Å². The van der Waals surface area contributed by atoms with Crippen molar-refractivity contribution < 1.29 is 9.90 Å². The Bertz CT molecular complexity index is 702. The molecule has 2 aromatic rings. The van der Waals surface area contributed by atoms with Crippen LogP contribution in [0.1, 0.15) is 11.3 Å². The number of aromatic nitrogens is 1. The van der Waals surface area contributed by atoms with E-state index in [1.807, 2.05) is 0 Å². The van der Waals surface area contributed by atoms with Gasteiger partial charge in [0, 0.05) is 0 Å². The van der Waals surface area contributed by atoms with Crippen molar-refractivity contribution in [1.82, 2.24) is 4.98 Å². The lowest BCUT2D eigenvalue weighted by Gasteiger charge is -2.05. The smallest absolute Gasteiger partial charge is 0.229 e. The normalized spacial score (nSPS) is 9.57. The Kier molecular flexibility index (Phi) is 4.91. The molecule has 0 radical (unpaired) electrons. The maximum atomic E-state index is 11.9. The molecule has 0 saturated heterocycles. The number of amides is 1. The first-order valence-electron chi connectivity index (χ1n) is 6.41. The summed E-state index contributed by atoms with van der Waals surface area (Å²) in [4.78, 5) is 16.1. The van der Waals surface area contributed by atoms with Gasteiger partial charge in [0.25, 0.3) is 0 Å². The van der Waals surface area contributed by atoms with Crippen molar-refractivity contribution in [1.29, 1.82) is 0 Å². The quantitative estimate of drug-likeness (QED) is 0.739. The molecule has 0 fully saturated rings. The Morgan fingerprint density at radius 2 is 2.10 bits per heavy atom. The largest absolute Gasteiger partial charge is 0.508 e. The van der Waals surface area contributed by atoms with E-state index in [0.717, 1.165) is 5.56 Å². The van der Waals surface area contributed by atoms with Crippen molar-refractivity contribution in [2.45, 2.75) is 6.42 Å². The predicted octanol–water partition coefficient (Wildman–Crippen LogP) is 1.28. The van der Waals surface area contributed by atoms with Gasteiger partial charge in [0.2, 0.25) is 5.91 Å². The maximum absolute atomic E-state index is 11.9. The van der Waals surface area contributed by atoms with Crippen molar-refractivity contribution >= 4 is 11.7 Å². The van der Waals surface area contributed by atoms with Crippen molar-refractivity contribution in [3.63, 3.8) is 0 Å². The molecule has 0 aliphatic heterocycles. The van der Waals surface area contributed by atoms with Crippen LogP contribution in [0.25, 0.3) is 0 Å². The van der Waals surface area contributed by atoms with E-state index in [2.05, 4.69) is 22.1 Å². The van der Waals surface area contributed by atoms with Crippen molar-refractivity contribution in [2.24, 2.45) is 5.73 Å². The lowest BCUT2D eigenvalue weighted by molar-refractivity contribution is -0.115. The number of nitrogens with one attached hydrogen (secondary N) is 1. The Morgan fingerprint density at radius 3 is 2.86 bits per heavy atom. The third-order valence-electron chi connectivity index (χ3n) is 2.61. The second kappa shape index (κ2) is 7.08. The van der Waals surface area contributed by atoms with Gasteiger partial charge in [0.15, 0.2) is 0 Å². The third kappa shape index (κ3) is 4.64. The van der Waals surface area contributed by atoms with Crippen LogP contribution in [-0.4, -0.2) is 22.5 Å². The minimum absolute atomic E-state index is 0.137. The number of nitrogens with zero attached hydrogens (tertiary/aromatic N) is 1. The number of benzene rings is 1. The maximum Gasteiger partial charge on any atom is 0.229 e. The van der Waals surface area contributed by atoms with Gasteiger partial charge >= 0.3 is 0 Å². The highest BCUT2D eigenvalue weighted by molar-refractivity contribution is 5.91. The number of phenols is 1. The first-order valence-corrected chi connectivity index (χ1v) is 6.41. The van der Waals surface area contributed by atoms with Crippen LogP contribution < -0.4 is 11.1 Å². The van der Waals surface area contributed by atoms with Crippen LogP contribution in [0.15, 0.2) is 42.5 Å². The fourth-order valence-electron chi connectivity index (χ4n) is 1.75. The summed E-state index contributed by atoms with van der Waals surface area (Å²) in [7, 11) is 0. The second-order valence-corrected chi connectivity index (χ2v) is 4.31. The van der Waals surface area contributed by atoms with Crippen molar-refractivity contribution in [2.75, 3.05) is 11.9 Å². The molecule has 0 saturated carbocycles. The van der Waals surface area contributed by atoms with E-state index in [1.165, 1.54) is 0 Å². The number of hydrogen-bond acceptors (Lipinski definition) is 4. The molecule has 0 unspecified atom stereocenters. The van der Waals surface area contributed by atoms with Gasteiger partial charge in [-0.2, -0.15) is 0 Å². The molecule has 0 aliphatic rings. The van der Waals surface area contributed by atoms with E-state index in [4.69, 9.17) is 5.73 Å². The summed E-state index contributed by atoms with van der Waals surface area (Å²) in [6.45, 7) is 0.260. The Labute approximate surface area is 122 Å². The highest BCUT2D eigenvalue weighted by Crippen LogP contribution is 2.12. The van der Waals surface area contributed by atoms with Gasteiger partial charge in [-0.05, 0) is 35.7 Å². The van der Waals surface area contributed by atoms with E-state index in [-0.39, 0.29) is 24.6 Å². The Balaban J connectivity index is 2.02. The summed E-state index contributed by atoms with van der Waals surface area (Å²) in [6.07, 6.45) is 0.161. The average Bonchev–Trinajstić information content (AvgIpc) is 2.45. The molecule has 0 spiro atoms. The minimum atomic E-state index is -0.211. The van der Waals surface area contributed by atoms with Crippen LogP contribution in [0.5, 0.6) is 5.75 Å². The fourth-order valence-corrected chi connectivity index (χ4v) is 1.75. The van der Waals surface area contributed by atoms with Crippen LogP contribution in [0, 0.1) is 11.8 Å². The molecule has 5 heteroatoms. The molecule has 1 heterocycles. The van der Waals surface area contributed by atoms with Crippen LogP contribution in [0.3, 0.4) is 0 Å². The molecule has 1 amide bonds. The molecule has 5 nitrogen and oxygen atoms in total. The monoisotopic (exact) mass is 281 g/mol. The number of phenolic OH excluding ortho intramolecular Hbond substituents is 1. The van der Waals surface area contributed by atoms with Crippen LogP contribution in [0.2, 0.25) is 0 Å². The molecule has 21 heavy (non-hydrogen) atoms. The number of nitrogens with two attached hydrogens (primary N) is 1. The Hall–Kier alpha value is -2.84. The lowest BCUT2D eigenvalue weighted by Crippen LogP contribution is -2.15. The fraction of sp³-hybridized carbons (Fsp3) is 0.125. The summed E-state index contributed by atoms with van der Waals surface area (Å²) in [6, 6.07) is 11.8. The molecular formula is C16H15N3O2. The number of rotatable bonds is 3. The predicted molar refractivity (Wildman–Crippen MR) is 80.6 cm³/mol. The van der Waals surface area contributed by atoms with Crippen LogP contribution >= 0.6 is 0 Å². The van der Waals surface area contributed by atoms with Gasteiger partial charge in [-0.25, -0.2) is 4.98 Å². The van der Waals surface area contributed by atoms with Gasteiger partial charge < -0.3 is 16.2 Å². The van der Waals surface area contributed by atoms with E-state index in [0.29, 0.717) is 11.5 Å². The Morgan fingerprint density at radius 1 is 1.29 bits per heavy atom. The zero-order valence-electron chi connectivity index (χ0n) is 11.3. The number of carbonyl (C=O) groups is 1. The first-order chi connectivity index (χ1) is 10.2. The number of aromatic hydroxyl groups is 1. The number of anilines is 1. The van der Waals surface area contributed by atoms with E-state index in [9.17, 15) is 9.90 Å². The molecule has 2 rings (SSSR count). The standard InChI is InChI=1S/C16H15N3O2/c17-9-3-6-13-5-2-8-15(18-13)19-16(21)11-12-4-1-7-14(20)10-12/h1-2,4-5,7-8,10,20H,9,11,17H2,(H,18,19,21). The lowest BCUT2D eigenvalue weighted by atomic mass is 10.1. The average molecular weight is 281 g/mol. The third-order valence-corrected chi connectivity index (χ3v) is 2.61. The first kappa shape index (κ1) is 14.6. The number of hydrogen-bond donors (Lipinski definition) is 3. The molecular weight excluding hydrogens is 266 g/mol. The molecule has 0 aliphatic carbocycles. The number of pyridine rings is 1. The van der Waals surface area contributed by atoms with Crippen LogP contribution in [0.4, 0.5) is 5.82 Å². The number of carbonyl (C=O) groups excluding carboxylic acids is 1. The molecule has 106 valence electrons. The van der Waals surface area contributed by atoms with Crippen molar-refractivity contribution in [3.05, 3.63) is 53.7 Å². The summed E-state index contributed by atoms with van der Waals surface area (Å²) < 4.78 is 0. The van der Waals surface area contributed by atoms with E-state index < -0.39 is 0 Å². The highest BCUT2D eigenvalue weighted by Gasteiger charge is 2.05. The van der Waals surface area contributed by atoms with Crippen molar-refractivity contribution in [3.8, 4) is 17.6 Å². The summed E-state index contributed by atoms with van der Waals surface area (Å²) in [5, 5.41) is 12.1. The topological polar surface area (TPSA) is 88.2 Å². The zero-order valence-corrected chi connectivity index (χ0v) is 11.3. The summed E-state index contributed by atoms with van der Waals surface area (Å²) in [5.41, 5.74) is 6.58. The highest BCUT2D eigenvalue weighted by atomic mass is 16.3. The molecule has 0 atom stereocenters. The molecule has 4 N–H and O–H groups in total. The van der Waals surface area contributed by atoms with Gasteiger partial charge in [0.1, 0.15) is 17.3 Å². The minimum Gasteiger partial charge on any atom is -0.508 e. The SMILES string of the molecule is NCC#Cc1cccc(NC(=O)Cc2cccc(O)c2)n1. The second-order valence-electron chi connectivity index (χ2n) is 4.31. The molecule has 0 bridgehead atoms. The summed E-state index contributed by atoms with van der Waals surface area (Å²) in [5.74, 6) is 5.87. The van der Waals surface area contributed by atoms with Gasteiger partial charge in [-0.15, -0.1) is 0 Å². The van der Waals surface area contributed by atoms with Gasteiger partial charge in [-0.1, -0.05) is 24.1 Å². The van der Waals surface area contributed by atoms with E-state index in [1.54, 1.807) is 42.5 Å². The zero-order chi connectivity index (χ0) is 15.1. The summed E-state index contributed by atoms with van der Waals surface area (Å²) >= 11 is 0. The van der Waals surface area contributed by atoms with Gasteiger partial charge in [-0.3, -0.25) is 4.79 Å². The molecule has 1 aromatic carbocycles. The van der Waals surface area contributed by atoms with Crippen LogP contribution in [-0.2, 0) is 11.2 Å². The molecule has 1 aromatic heterocycles.